The van der Waals surface area contributed by atoms with Gasteiger partial charge in [-0.25, -0.2) is 8.78 Å². The molecule has 8 heteroatoms. The fourth-order valence-electron chi connectivity index (χ4n) is 2.91. The van der Waals surface area contributed by atoms with Gasteiger partial charge in [-0.15, -0.1) is 0 Å². The number of hydrogen-bond donors (Lipinski definition) is 1. The van der Waals surface area contributed by atoms with Gasteiger partial charge in [-0.1, -0.05) is 23.2 Å². The molecule has 3 rings (SSSR count). The standard InChI is InChI=1S/C18H14Cl2F2N2O2/c19-10-3-5-13(20)12(8-10)18(26)24-7-1-2-16(24)17(25)23-15-9-11(21)4-6-14(15)22/h3-6,8-9,16H,1-2,7H2,(H,23,25). The SMILES string of the molecule is O=C(Nc1cc(F)ccc1F)C1CCCN1C(=O)c1cc(Cl)ccc1Cl. The number of likely N-dealkylation sites (tertiary alicyclic amines) is 1. The van der Waals surface area contributed by atoms with Crippen molar-refractivity contribution in [3.05, 3.63) is 63.6 Å². The largest absolute Gasteiger partial charge is 0.327 e. The van der Waals surface area contributed by atoms with Gasteiger partial charge in [0.1, 0.15) is 17.7 Å². The smallest absolute Gasteiger partial charge is 0.256 e. The van der Waals surface area contributed by atoms with Gasteiger partial charge in [-0.05, 0) is 43.2 Å². The lowest BCUT2D eigenvalue weighted by Crippen LogP contribution is -2.43. The number of carbonyl (C=O) groups excluding carboxylic acids is 2. The van der Waals surface area contributed by atoms with Crippen molar-refractivity contribution in [2.24, 2.45) is 0 Å². The molecule has 2 amide bonds. The molecular formula is C18H14Cl2F2N2O2. The third kappa shape index (κ3) is 3.81. The van der Waals surface area contributed by atoms with E-state index in [9.17, 15) is 18.4 Å². The first-order valence-electron chi connectivity index (χ1n) is 7.89. The summed E-state index contributed by atoms with van der Waals surface area (Å²) in [5.41, 5.74) is -0.0779. The summed E-state index contributed by atoms with van der Waals surface area (Å²) in [6.07, 6.45) is 1.01. The van der Waals surface area contributed by atoms with Crippen molar-refractivity contribution < 1.29 is 18.4 Å². The number of anilines is 1. The lowest BCUT2D eigenvalue weighted by molar-refractivity contribution is -0.119. The number of halogens is 4. The first-order chi connectivity index (χ1) is 12.4. The minimum Gasteiger partial charge on any atom is -0.327 e. The summed E-state index contributed by atoms with van der Waals surface area (Å²) in [6.45, 7) is 0.353. The highest BCUT2D eigenvalue weighted by atomic mass is 35.5. The highest BCUT2D eigenvalue weighted by Crippen LogP contribution is 2.27. The zero-order valence-electron chi connectivity index (χ0n) is 13.4. The molecule has 136 valence electrons. The van der Waals surface area contributed by atoms with Crippen LogP contribution in [0.15, 0.2) is 36.4 Å². The van der Waals surface area contributed by atoms with E-state index in [-0.39, 0.29) is 16.3 Å². The molecule has 0 bridgehead atoms. The van der Waals surface area contributed by atoms with E-state index in [4.69, 9.17) is 23.2 Å². The number of nitrogens with one attached hydrogen (secondary N) is 1. The van der Waals surface area contributed by atoms with Crippen LogP contribution in [0.3, 0.4) is 0 Å². The van der Waals surface area contributed by atoms with Crippen LogP contribution in [0.2, 0.25) is 10.0 Å². The summed E-state index contributed by atoms with van der Waals surface area (Å²) < 4.78 is 27.0. The highest BCUT2D eigenvalue weighted by Gasteiger charge is 2.35. The maximum Gasteiger partial charge on any atom is 0.256 e. The summed E-state index contributed by atoms with van der Waals surface area (Å²) >= 11 is 12.0. The van der Waals surface area contributed by atoms with Crippen molar-refractivity contribution in [2.75, 3.05) is 11.9 Å². The van der Waals surface area contributed by atoms with Crippen molar-refractivity contribution in [1.82, 2.24) is 4.90 Å². The van der Waals surface area contributed by atoms with Gasteiger partial charge in [0.05, 0.1) is 16.3 Å². The molecule has 1 aliphatic rings. The van der Waals surface area contributed by atoms with Crippen LogP contribution >= 0.6 is 23.2 Å². The summed E-state index contributed by atoms with van der Waals surface area (Å²) in [6, 6.07) is 6.46. The molecule has 1 N–H and O–H groups in total. The predicted molar refractivity (Wildman–Crippen MR) is 95.5 cm³/mol. The number of benzene rings is 2. The second-order valence-corrected chi connectivity index (χ2v) is 6.74. The van der Waals surface area contributed by atoms with Gasteiger partial charge in [0.15, 0.2) is 0 Å². The quantitative estimate of drug-likeness (QED) is 0.826. The minimum absolute atomic E-state index is 0.191. The molecule has 0 saturated carbocycles. The van der Waals surface area contributed by atoms with Crippen LogP contribution in [0.4, 0.5) is 14.5 Å². The predicted octanol–water partition coefficient (Wildman–Crippen LogP) is 4.51. The fourth-order valence-corrected chi connectivity index (χ4v) is 3.28. The van der Waals surface area contributed by atoms with E-state index >= 15 is 0 Å². The molecular weight excluding hydrogens is 385 g/mol. The van der Waals surface area contributed by atoms with Gasteiger partial charge in [0.2, 0.25) is 5.91 Å². The molecule has 26 heavy (non-hydrogen) atoms. The minimum atomic E-state index is -0.805. The molecule has 1 fully saturated rings. The molecule has 0 radical (unpaired) electrons. The third-order valence-electron chi connectivity index (χ3n) is 4.16. The van der Waals surface area contributed by atoms with Gasteiger partial charge < -0.3 is 10.2 Å². The molecule has 0 spiro atoms. The van der Waals surface area contributed by atoms with Crippen molar-refractivity contribution in [3.8, 4) is 0 Å². The Morgan fingerprint density at radius 3 is 2.65 bits per heavy atom. The lowest BCUT2D eigenvalue weighted by atomic mass is 10.1. The maximum absolute atomic E-state index is 13.7. The van der Waals surface area contributed by atoms with E-state index in [1.165, 1.54) is 17.0 Å². The number of hydrogen-bond acceptors (Lipinski definition) is 2. The number of amides is 2. The molecule has 1 heterocycles. The number of carbonyl (C=O) groups is 2. The highest BCUT2D eigenvalue weighted by molar-refractivity contribution is 6.35. The Kier molecular flexibility index (Phi) is 5.44. The molecule has 1 unspecified atom stereocenters. The van der Waals surface area contributed by atoms with Gasteiger partial charge in [-0.2, -0.15) is 0 Å². The van der Waals surface area contributed by atoms with E-state index in [0.29, 0.717) is 24.4 Å². The first-order valence-corrected chi connectivity index (χ1v) is 8.64. The molecule has 2 aromatic carbocycles. The van der Waals surface area contributed by atoms with Crippen LogP contribution in [-0.4, -0.2) is 29.3 Å². The molecule has 0 aliphatic carbocycles. The summed E-state index contributed by atoms with van der Waals surface area (Å²) in [5.74, 6) is -2.45. The Morgan fingerprint density at radius 2 is 1.88 bits per heavy atom. The second-order valence-electron chi connectivity index (χ2n) is 5.89. The molecule has 0 aromatic heterocycles. The van der Waals surface area contributed by atoms with Crippen LogP contribution in [0.25, 0.3) is 0 Å². The summed E-state index contributed by atoms with van der Waals surface area (Å²) in [4.78, 5) is 26.7. The Bertz CT molecular complexity index is 876. The number of rotatable bonds is 3. The van der Waals surface area contributed by atoms with E-state index in [0.717, 1.165) is 18.2 Å². The van der Waals surface area contributed by atoms with Crippen LogP contribution in [0.1, 0.15) is 23.2 Å². The molecule has 2 aromatic rings. The van der Waals surface area contributed by atoms with Crippen LogP contribution in [0, 0.1) is 11.6 Å². The monoisotopic (exact) mass is 398 g/mol. The van der Waals surface area contributed by atoms with Crippen molar-refractivity contribution in [2.45, 2.75) is 18.9 Å². The van der Waals surface area contributed by atoms with Gasteiger partial charge in [0.25, 0.3) is 5.91 Å². The molecule has 1 saturated heterocycles. The van der Waals surface area contributed by atoms with E-state index in [2.05, 4.69) is 5.32 Å². The average molecular weight is 399 g/mol. The molecule has 4 nitrogen and oxygen atoms in total. The van der Waals surface area contributed by atoms with Gasteiger partial charge >= 0.3 is 0 Å². The summed E-state index contributed by atoms with van der Waals surface area (Å²) in [5, 5.41) is 2.92. The zero-order chi connectivity index (χ0) is 18.8. The number of nitrogens with zero attached hydrogens (tertiary/aromatic N) is 1. The van der Waals surface area contributed by atoms with E-state index < -0.39 is 29.5 Å². The van der Waals surface area contributed by atoms with Crippen LogP contribution in [-0.2, 0) is 4.79 Å². The normalized spacial score (nSPS) is 16.6. The van der Waals surface area contributed by atoms with Crippen molar-refractivity contribution in [1.29, 1.82) is 0 Å². The second kappa shape index (κ2) is 7.60. The Hall–Kier alpha value is -2.18. The Morgan fingerprint density at radius 1 is 1.12 bits per heavy atom. The first kappa shape index (κ1) is 18.6. The lowest BCUT2D eigenvalue weighted by Gasteiger charge is -2.24. The van der Waals surface area contributed by atoms with Crippen LogP contribution in [0.5, 0.6) is 0 Å². The zero-order valence-corrected chi connectivity index (χ0v) is 15.0. The Labute approximate surface area is 158 Å². The fraction of sp³-hybridized carbons (Fsp3) is 0.222. The maximum atomic E-state index is 13.7. The van der Waals surface area contributed by atoms with Crippen molar-refractivity contribution in [3.63, 3.8) is 0 Å². The van der Waals surface area contributed by atoms with E-state index in [1.807, 2.05) is 0 Å². The van der Waals surface area contributed by atoms with Crippen LogP contribution < -0.4 is 5.32 Å². The summed E-state index contributed by atoms with van der Waals surface area (Å²) in [7, 11) is 0. The van der Waals surface area contributed by atoms with E-state index in [1.54, 1.807) is 6.07 Å². The average Bonchev–Trinajstić information content (AvgIpc) is 3.09. The topological polar surface area (TPSA) is 49.4 Å². The van der Waals surface area contributed by atoms with Crippen molar-refractivity contribution >= 4 is 40.7 Å². The third-order valence-corrected chi connectivity index (χ3v) is 4.73. The molecule has 1 aliphatic heterocycles. The van der Waals surface area contributed by atoms with Gasteiger partial charge in [-0.3, -0.25) is 9.59 Å². The Balaban J connectivity index is 1.81. The molecule has 1 atom stereocenters. The van der Waals surface area contributed by atoms with Gasteiger partial charge in [0, 0.05) is 17.6 Å².